The van der Waals surface area contributed by atoms with Crippen LogP contribution in [0, 0.1) is 5.92 Å². The summed E-state index contributed by atoms with van der Waals surface area (Å²) >= 11 is 7.64. The second-order valence-corrected chi connectivity index (χ2v) is 11.4. The molecule has 1 aliphatic rings. The zero-order valence-electron chi connectivity index (χ0n) is 18.0. The Morgan fingerprint density at radius 3 is 2.39 bits per heavy atom. The second-order valence-electron chi connectivity index (χ2n) is 7.94. The fourth-order valence-electron chi connectivity index (χ4n) is 3.74. The summed E-state index contributed by atoms with van der Waals surface area (Å²) in [5.41, 5.74) is 1.88. The molecule has 1 saturated heterocycles. The van der Waals surface area contributed by atoms with Crippen LogP contribution in [-0.2, 0) is 20.6 Å². The van der Waals surface area contributed by atoms with Crippen molar-refractivity contribution < 1.29 is 13.2 Å². The van der Waals surface area contributed by atoms with Crippen LogP contribution in [0.15, 0.2) is 88.7 Å². The third kappa shape index (κ3) is 6.18. The van der Waals surface area contributed by atoms with Gasteiger partial charge in [0, 0.05) is 34.4 Å². The summed E-state index contributed by atoms with van der Waals surface area (Å²) in [5, 5.41) is 3.43. The van der Waals surface area contributed by atoms with Gasteiger partial charge in [-0.3, -0.25) is 4.79 Å². The Bertz CT molecular complexity index is 1180. The molecule has 3 aromatic rings. The molecule has 3 aromatic carbocycles. The molecule has 1 unspecified atom stereocenters. The number of halogens is 1. The molecule has 33 heavy (non-hydrogen) atoms. The van der Waals surface area contributed by atoms with Crippen molar-refractivity contribution in [1.29, 1.82) is 0 Å². The first-order valence-corrected chi connectivity index (χ1v) is 13.6. The predicted molar refractivity (Wildman–Crippen MR) is 134 cm³/mol. The maximum Gasteiger partial charge on any atom is 0.243 e. The van der Waals surface area contributed by atoms with Crippen LogP contribution in [-0.4, -0.2) is 31.7 Å². The fourth-order valence-corrected chi connectivity index (χ4v) is 6.27. The van der Waals surface area contributed by atoms with E-state index in [2.05, 4.69) is 17.4 Å². The van der Waals surface area contributed by atoms with Crippen LogP contribution in [0.1, 0.15) is 18.4 Å². The van der Waals surface area contributed by atoms with Crippen molar-refractivity contribution in [2.45, 2.75) is 28.4 Å². The number of amides is 1. The van der Waals surface area contributed by atoms with E-state index in [9.17, 15) is 13.2 Å². The first kappa shape index (κ1) is 23.8. The number of carbonyl (C=O) groups is 1. The van der Waals surface area contributed by atoms with E-state index < -0.39 is 15.9 Å². The number of thioether (sulfide) groups is 1. The maximum absolute atomic E-state index is 13.0. The highest BCUT2D eigenvalue weighted by atomic mass is 35.5. The van der Waals surface area contributed by atoms with Crippen molar-refractivity contribution >= 4 is 45.0 Å². The fraction of sp³-hybridized carbons (Fsp3) is 0.240. The van der Waals surface area contributed by atoms with E-state index in [1.165, 1.54) is 26.9 Å². The number of sulfonamides is 1. The monoisotopic (exact) mass is 500 g/mol. The van der Waals surface area contributed by atoms with Crippen LogP contribution in [0.3, 0.4) is 0 Å². The van der Waals surface area contributed by atoms with Gasteiger partial charge in [0.15, 0.2) is 0 Å². The second kappa shape index (κ2) is 10.7. The van der Waals surface area contributed by atoms with Gasteiger partial charge in [0.1, 0.15) is 0 Å². The van der Waals surface area contributed by atoms with Gasteiger partial charge in [0.2, 0.25) is 15.9 Å². The van der Waals surface area contributed by atoms with Gasteiger partial charge in [-0.15, -0.1) is 11.8 Å². The van der Waals surface area contributed by atoms with Crippen molar-refractivity contribution in [3.63, 3.8) is 0 Å². The lowest BCUT2D eigenvalue weighted by Gasteiger charge is -2.31. The Labute approximate surface area is 204 Å². The number of carbonyl (C=O) groups excluding carboxylic acids is 1. The Hall–Kier alpha value is -2.32. The number of hydrogen-bond donors (Lipinski definition) is 1. The van der Waals surface area contributed by atoms with Crippen LogP contribution in [0.5, 0.6) is 0 Å². The minimum absolute atomic E-state index is 0.155. The van der Waals surface area contributed by atoms with E-state index >= 15 is 0 Å². The quantitative estimate of drug-likeness (QED) is 0.424. The molecule has 1 fully saturated rings. The van der Waals surface area contributed by atoms with E-state index in [1.807, 2.05) is 42.5 Å². The Kier molecular flexibility index (Phi) is 7.75. The predicted octanol–water partition coefficient (Wildman–Crippen LogP) is 5.67. The molecule has 0 bridgehead atoms. The van der Waals surface area contributed by atoms with Crippen molar-refractivity contribution in [3.8, 4) is 0 Å². The summed E-state index contributed by atoms with van der Waals surface area (Å²) in [6.45, 7) is 0.575. The zero-order valence-corrected chi connectivity index (χ0v) is 20.4. The summed E-state index contributed by atoms with van der Waals surface area (Å²) < 4.78 is 27.3. The highest BCUT2D eigenvalue weighted by molar-refractivity contribution is 7.98. The summed E-state index contributed by atoms with van der Waals surface area (Å²) in [5.74, 6) is 0.296. The molecule has 0 aliphatic carbocycles. The van der Waals surface area contributed by atoms with Crippen molar-refractivity contribution in [2.24, 2.45) is 5.92 Å². The van der Waals surface area contributed by atoms with Gasteiger partial charge < -0.3 is 5.32 Å². The van der Waals surface area contributed by atoms with E-state index in [4.69, 9.17) is 11.6 Å². The number of benzene rings is 3. The highest BCUT2D eigenvalue weighted by Gasteiger charge is 2.33. The first-order chi connectivity index (χ1) is 15.9. The lowest BCUT2D eigenvalue weighted by atomic mass is 9.98. The molecule has 0 saturated carbocycles. The van der Waals surface area contributed by atoms with Gasteiger partial charge >= 0.3 is 0 Å². The average Bonchev–Trinajstić information content (AvgIpc) is 2.84. The average molecular weight is 501 g/mol. The van der Waals surface area contributed by atoms with Gasteiger partial charge in [0.05, 0.1) is 10.8 Å². The molecular weight excluding hydrogens is 476 g/mol. The highest BCUT2D eigenvalue weighted by Crippen LogP contribution is 2.26. The number of anilines is 1. The minimum atomic E-state index is -3.66. The topological polar surface area (TPSA) is 66.5 Å². The van der Waals surface area contributed by atoms with Crippen molar-refractivity contribution in [2.75, 3.05) is 18.4 Å². The summed E-state index contributed by atoms with van der Waals surface area (Å²) in [7, 11) is -3.66. The molecule has 1 aliphatic heterocycles. The van der Waals surface area contributed by atoms with Crippen LogP contribution in [0.2, 0.25) is 5.02 Å². The Morgan fingerprint density at radius 2 is 1.70 bits per heavy atom. The molecular formula is C25H25ClN2O3S2. The van der Waals surface area contributed by atoms with Crippen molar-refractivity contribution in [3.05, 3.63) is 89.4 Å². The number of rotatable bonds is 7. The first-order valence-electron chi connectivity index (χ1n) is 10.8. The molecule has 172 valence electrons. The maximum atomic E-state index is 13.0. The standard InChI is InChI=1S/C25H25ClN2O3S2/c26-21-10-14-24(15-11-21)33(30,31)28-16-4-5-20(17-28)25(29)27-22-12-8-19(9-13-22)18-32-23-6-2-1-3-7-23/h1-3,6-15,20H,4-5,16-18H2,(H,27,29). The minimum Gasteiger partial charge on any atom is -0.326 e. The number of nitrogens with one attached hydrogen (secondary N) is 1. The molecule has 1 N–H and O–H groups in total. The number of piperidine rings is 1. The summed E-state index contributed by atoms with van der Waals surface area (Å²) in [4.78, 5) is 14.3. The number of nitrogens with zero attached hydrogens (tertiary/aromatic N) is 1. The molecule has 1 heterocycles. The van der Waals surface area contributed by atoms with E-state index in [1.54, 1.807) is 23.9 Å². The summed E-state index contributed by atoms with van der Waals surface area (Å²) in [6.07, 6.45) is 1.30. The molecule has 1 atom stereocenters. The molecule has 4 rings (SSSR count). The third-order valence-corrected chi connectivity index (χ3v) is 8.79. The van der Waals surface area contributed by atoms with E-state index in [0.29, 0.717) is 30.1 Å². The molecule has 1 amide bonds. The van der Waals surface area contributed by atoms with Crippen LogP contribution in [0.4, 0.5) is 5.69 Å². The smallest absolute Gasteiger partial charge is 0.243 e. The Balaban J connectivity index is 1.34. The molecule has 0 spiro atoms. The van der Waals surface area contributed by atoms with Gasteiger partial charge in [0.25, 0.3) is 0 Å². The molecule has 8 heteroatoms. The number of hydrogen-bond acceptors (Lipinski definition) is 4. The van der Waals surface area contributed by atoms with E-state index in [0.717, 1.165) is 5.75 Å². The van der Waals surface area contributed by atoms with Crippen molar-refractivity contribution in [1.82, 2.24) is 4.31 Å². The Morgan fingerprint density at radius 1 is 1.00 bits per heavy atom. The lowest BCUT2D eigenvalue weighted by Crippen LogP contribution is -2.43. The lowest BCUT2D eigenvalue weighted by molar-refractivity contribution is -0.120. The SMILES string of the molecule is O=C(Nc1ccc(CSc2ccccc2)cc1)C1CCCN(S(=O)(=O)c2ccc(Cl)cc2)C1. The van der Waals surface area contributed by atoms with Gasteiger partial charge in [-0.05, 0) is 66.9 Å². The van der Waals surface area contributed by atoms with Crippen LogP contribution < -0.4 is 5.32 Å². The normalized spacial score (nSPS) is 16.9. The largest absolute Gasteiger partial charge is 0.326 e. The zero-order chi connectivity index (χ0) is 23.3. The van der Waals surface area contributed by atoms with Crippen LogP contribution >= 0.6 is 23.4 Å². The van der Waals surface area contributed by atoms with Crippen LogP contribution in [0.25, 0.3) is 0 Å². The van der Waals surface area contributed by atoms with Gasteiger partial charge in [-0.25, -0.2) is 8.42 Å². The summed E-state index contributed by atoms with van der Waals surface area (Å²) in [6, 6.07) is 24.1. The molecule has 0 aromatic heterocycles. The van der Waals surface area contributed by atoms with E-state index in [-0.39, 0.29) is 17.3 Å². The molecule has 0 radical (unpaired) electrons. The van der Waals surface area contributed by atoms with Gasteiger partial charge in [-0.2, -0.15) is 4.31 Å². The molecule has 5 nitrogen and oxygen atoms in total. The van der Waals surface area contributed by atoms with Gasteiger partial charge in [-0.1, -0.05) is 41.9 Å². The third-order valence-electron chi connectivity index (χ3n) is 5.58.